The van der Waals surface area contributed by atoms with Gasteiger partial charge in [0.1, 0.15) is 11.6 Å². The summed E-state index contributed by atoms with van der Waals surface area (Å²) in [5.74, 6) is 2.52. The lowest BCUT2D eigenvalue weighted by molar-refractivity contribution is 0.457. The Hall–Kier alpha value is -2.41. The van der Waals surface area contributed by atoms with Crippen molar-refractivity contribution in [2.75, 3.05) is 23.8 Å². The fourth-order valence-electron chi connectivity index (χ4n) is 2.88. The van der Waals surface area contributed by atoms with Crippen LogP contribution in [-0.2, 0) is 0 Å². The maximum atomic E-state index is 5.92. The van der Waals surface area contributed by atoms with Crippen LogP contribution in [0.5, 0.6) is 11.6 Å². The summed E-state index contributed by atoms with van der Waals surface area (Å²) in [5, 5.41) is 6.35. The molecule has 0 aliphatic carbocycles. The third kappa shape index (κ3) is 4.57. The van der Waals surface area contributed by atoms with Crippen LogP contribution < -0.4 is 20.3 Å². The Bertz CT molecular complexity index is 725. The molecule has 1 aromatic carbocycles. The monoisotopic (exact) mass is 357 g/mol. The van der Waals surface area contributed by atoms with E-state index in [-0.39, 0.29) is 0 Å². The predicted octanol–water partition coefficient (Wildman–Crippen LogP) is 3.56. The fraction of sp³-hybridized carbons (Fsp3) is 0.389. The second-order valence-corrected chi connectivity index (χ2v) is 6.45. The van der Waals surface area contributed by atoms with Gasteiger partial charge in [-0.3, -0.25) is 0 Å². The Balaban J connectivity index is 1.91. The lowest BCUT2D eigenvalue weighted by Crippen LogP contribution is -2.38. The predicted molar refractivity (Wildman–Crippen MR) is 104 cm³/mol. The maximum absolute atomic E-state index is 5.92. The largest absolute Gasteiger partial charge is 0.439 e. The molecule has 25 heavy (non-hydrogen) atoms. The molecule has 2 heterocycles. The number of thiocarbonyl (C=S) groups is 1. The van der Waals surface area contributed by atoms with Gasteiger partial charge in [-0.15, -0.1) is 0 Å². The molecule has 0 radical (unpaired) electrons. The Kier molecular flexibility index (Phi) is 5.65. The van der Waals surface area contributed by atoms with Gasteiger partial charge in [-0.2, -0.15) is 9.97 Å². The van der Waals surface area contributed by atoms with E-state index in [9.17, 15) is 0 Å². The van der Waals surface area contributed by atoms with E-state index in [0.29, 0.717) is 23.0 Å². The first kappa shape index (κ1) is 17.4. The van der Waals surface area contributed by atoms with Crippen LogP contribution in [0.3, 0.4) is 0 Å². The lowest BCUT2D eigenvalue weighted by atomic mass is 10.0. The molecule has 0 spiro atoms. The molecular formula is C18H23N5OS. The number of aromatic nitrogens is 2. The van der Waals surface area contributed by atoms with Gasteiger partial charge < -0.3 is 20.3 Å². The maximum Gasteiger partial charge on any atom is 0.234 e. The molecule has 0 amide bonds. The summed E-state index contributed by atoms with van der Waals surface area (Å²) in [4.78, 5) is 11.4. The number of anilines is 2. The first-order chi connectivity index (χ1) is 12.2. The molecule has 1 atom stereocenters. The highest BCUT2D eigenvalue weighted by Gasteiger charge is 2.21. The van der Waals surface area contributed by atoms with E-state index in [1.807, 2.05) is 36.4 Å². The summed E-state index contributed by atoms with van der Waals surface area (Å²) in [6, 6.07) is 11.9. The number of rotatable bonds is 4. The van der Waals surface area contributed by atoms with Gasteiger partial charge in [0, 0.05) is 25.7 Å². The van der Waals surface area contributed by atoms with Crippen LogP contribution in [0.2, 0.25) is 0 Å². The minimum atomic E-state index is 0.431. The zero-order valence-electron chi connectivity index (χ0n) is 14.5. The van der Waals surface area contributed by atoms with Crippen molar-refractivity contribution < 1.29 is 4.74 Å². The van der Waals surface area contributed by atoms with Crippen LogP contribution in [0.15, 0.2) is 36.4 Å². The number of ether oxygens (including phenoxy) is 1. The quantitative estimate of drug-likeness (QED) is 0.811. The molecular weight excluding hydrogens is 334 g/mol. The van der Waals surface area contributed by atoms with Crippen molar-refractivity contribution in [3.8, 4) is 11.6 Å². The first-order valence-electron chi connectivity index (χ1n) is 8.53. The molecule has 1 saturated heterocycles. The SMILES string of the molecule is CNC(=S)Nc1nc(Oc2ccccc2)cc(N2CCCC[C@H]2C)n1. The molecule has 3 rings (SSSR count). The molecule has 1 aromatic heterocycles. The standard InChI is InChI=1S/C18H23N5OS/c1-13-8-6-7-11-23(13)15-12-16(24-14-9-4-3-5-10-14)21-17(20-15)22-18(25)19-2/h3-5,9-10,12-13H,6-8,11H2,1-2H3,(H2,19,20,21,22,25)/t13-/m1/s1. The highest BCUT2D eigenvalue weighted by atomic mass is 32.1. The van der Waals surface area contributed by atoms with Crippen molar-refractivity contribution in [3.05, 3.63) is 36.4 Å². The topological polar surface area (TPSA) is 62.3 Å². The second kappa shape index (κ2) is 8.11. The Labute approximate surface area is 153 Å². The summed E-state index contributed by atoms with van der Waals surface area (Å²) in [5.41, 5.74) is 0. The summed E-state index contributed by atoms with van der Waals surface area (Å²) in [6.07, 6.45) is 3.59. The molecule has 0 saturated carbocycles. The van der Waals surface area contributed by atoms with Gasteiger partial charge in [0.05, 0.1) is 0 Å². The average Bonchev–Trinajstić information content (AvgIpc) is 2.62. The number of benzene rings is 1. The van der Waals surface area contributed by atoms with Crippen molar-refractivity contribution in [2.24, 2.45) is 0 Å². The van der Waals surface area contributed by atoms with E-state index < -0.39 is 0 Å². The summed E-state index contributed by atoms with van der Waals surface area (Å²) in [6.45, 7) is 3.21. The molecule has 0 unspecified atom stereocenters. The number of hydrogen-bond acceptors (Lipinski definition) is 5. The molecule has 7 heteroatoms. The number of nitrogens with zero attached hydrogens (tertiary/aromatic N) is 3. The molecule has 1 fully saturated rings. The number of para-hydroxylation sites is 1. The van der Waals surface area contributed by atoms with E-state index in [1.165, 1.54) is 12.8 Å². The number of nitrogens with one attached hydrogen (secondary N) is 2. The first-order valence-corrected chi connectivity index (χ1v) is 8.94. The van der Waals surface area contributed by atoms with Crippen molar-refractivity contribution in [1.82, 2.24) is 15.3 Å². The highest BCUT2D eigenvalue weighted by molar-refractivity contribution is 7.80. The zero-order valence-corrected chi connectivity index (χ0v) is 15.3. The van der Waals surface area contributed by atoms with Gasteiger partial charge >= 0.3 is 0 Å². The van der Waals surface area contributed by atoms with Crippen molar-refractivity contribution in [3.63, 3.8) is 0 Å². The summed E-state index contributed by atoms with van der Waals surface area (Å²) in [7, 11) is 1.76. The van der Waals surface area contributed by atoms with Gasteiger partial charge in [0.2, 0.25) is 11.8 Å². The summed E-state index contributed by atoms with van der Waals surface area (Å²) < 4.78 is 5.92. The van der Waals surface area contributed by atoms with E-state index in [2.05, 4.69) is 32.4 Å². The number of hydrogen-bond donors (Lipinski definition) is 2. The third-order valence-electron chi connectivity index (χ3n) is 4.20. The average molecular weight is 357 g/mol. The molecule has 132 valence electrons. The summed E-state index contributed by atoms with van der Waals surface area (Å²) >= 11 is 5.18. The molecule has 6 nitrogen and oxygen atoms in total. The van der Waals surface area contributed by atoms with Crippen LogP contribution >= 0.6 is 12.2 Å². The fourth-order valence-corrected chi connectivity index (χ4v) is 2.97. The normalized spacial score (nSPS) is 17.0. The van der Waals surface area contributed by atoms with Crippen LogP contribution in [0.1, 0.15) is 26.2 Å². The smallest absolute Gasteiger partial charge is 0.234 e. The van der Waals surface area contributed by atoms with Gasteiger partial charge in [0.25, 0.3) is 0 Å². The molecule has 1 aliphatic rings. The molecule has 2 aromatic rings. The second-order valence-electron chi connectivity index (χ2n) is 6.05. The van der Waals surface area contributed by atoms with Gasteiger partial charge in [-0.1, -0.05) is 18.2 Å². The molecule has 0 bridgehead atoms. The lowest BCUT2D eigenvalue weighted by Gasteiger charge is -2.34. The van der Waals surface area contributed by atoms with Crippen LogP contribution in [0.4, 0.5) is 11.8 Å². The van der Waals surface area contributed by atoms with Gasteiger partial charge in [-0.05, 0) is 50.5 Å². The van der Waals surface area contributed by atoms with Crippen LogP contribution in [0, 0.1) is 0 Å². The van der Waals surface area contributed by atoms with E-state index in [4.69, 9.17) is 17.0 Å². The zero-order chi connectivity index (χ0) is 17.6. The Morgan fingerprint density at radius 2 is 2.04 bits per heavy atom. The Morgan fingerprint density at radius 1 is 1.24 bits per heavy atom. The van der Waals surface area contributed by atoms with Gasteiger partial charge in [-0.25, -0.2) is 0 Å². The van der Waals surface area contributed by atoms with E-state index in [0.717, 1.165) is 24.5 Å². The third-order valence-corrected chi connectivity index (χ3v) is 4.51. The van der Waals surface area contributed by atoms with Crippen molar-refractivity contribution in [1.29, 1.82) is 0 Å². The van der Waals surface area contributed by atoms with Gasteiger partial charge in [0.15, 0.2) is 5.11 Å². The van der Waals surface area contributed by atoms with Crippen molar-refractivity contribution >= 4 is 29.1 Å². The van der Waals surface area contributed by atoms with Crippen molar-refractivity contribution in [2.45, 2.75) is 32.2 Å². The molecule has 1 aliphatic heterocycles. The van der Waals surface area contributed by atoms with E-state index in [1.54, 1.807) is 7.05 Å². The minimum absolute atomic E-state index is 0.431. The van der Waals surface area contributed by atoms with Crippen LogP contribution in [-0.4, -0.2) is 34.7 Å². The molecule has 2 N–H and O–H groups in total. The minimum Gasteiger partial charge on any atom is -0.439 e. The number of piperidine rings is 1. The highest BCUT2D eigenvalue weighted by Crippen LogP contribution is 2.28. The Morgan fingerprint density at radius 3 is 2.76 bits per heavy atom. The van der Waals surface area contributed by atoms with E-state index >= 15 is 0 Å². The van der Waals surface area contributed by atoms with Crippen LogP contribution in [0.25, 0.3) is 0 Å².